The van der Waals surface area contributed by atoms with E-state index in [0.717, 1.165) is 6.07 Å². The molecule has 1 aliphatic heterocycles. The lowest BCUT2D eigenvalue weighted by atomic mass is 10.1. The lowest BCUT2D eigenvalue weighted by Gasteiger charge is -2.35. The highest BCUT2D eigenvalue weighted by molar-refractivity contribution is 6.33. The third kappa shape index (κ3) is 6.05. The summed E-state index contributed by atoms with van der Waals surface area (Å²) in [5.41, 5.74) is 5.97. The molecule has 1 saturated heterocycles. The smallest absolute Gasteiger partial charge is 0.255 e. The van der Waals surface area contributed by atoms with E-state index < -0.39 is 11.9 Å². The van der Waals surface area contributed by atoms with Crippen LogP contribution in [0.4, 0.5) is 4.39 Å². The number of halogens is 3. The number of nitrogens with zero attached hydrogens (tertiary/aromatic N) is 2. The van der Waals surface area contributed by atoms with Gasteiger partial charge in [-0.2, -0.15) is 0 Å². The second kappa shape index (κ2) is 10.6. The summed E-state index contributed by atoms with van der Waals surface area (Å²) in [6.07, 6.45) is 0. The molecule has 1 heterocycles. The fraction of sp³-hybridized carbons (Fsp3) is 0.500. The molecular formula is C18H25Cl2FN4O3. The molecule has 0 radical (unpaired) electrons. The van der Waals surface area contributed by atoms with Crippen molar-refractivity contribution in [3.63, 3.8) is 0 Å². The molecule has 7 nitrogen and oxygen atoms in total. The number of nitrogens with one attached hydrogen (secondary N) is 1. The Morgan fingerprint density at radius 2 is 1.75 bits per heavy atom. The van der Waals surface area contributed by atoms with Crippen LogP contribution in [-0.4, -0.2) is 66.3 Å². The van der Waals surface area contributed by atoms with Crippen LogP contribution in [0, 0.1) is 11.7 Å². The van der Waals surface area contributed by atoms with E-state index in [1.807, 2.05) is 13.8 Å². The number of carbonyl (C=O) groups is 3. The second-order valence-corrected chi connectivity index (χ2v) is 7.19. The van der Waals surface area contributed by atoms with Crippen molar-refractivity contribution in [1.29, 1.82) is 0 Å². The summed E-state index contributed by atoms with van der Waals surface area (Å²) in [6, 6.07) is 2.97. The van der Waals surface area contributed by atoms with Gasteiger partial charge in [-0.15, -0.1) is 12.4 Å². The molecule has 1 aliphatic rings. The minimum absolute atomic E-state index is 0. The first-order chi connectivity index (χ1) is 12.7. The molecule has 2 rings (SSSR count). The van der Waals surface area contributed by atoms with Crippen LogP contribution >= 0.6 is 24.0 Å². The van der Waals surface area contributed by atoms with Crippen LogP contribution in [0.5, 0.6) is 0 Å². The predicted molar refractivity (Wildman–Crippen MR) is 107 cm³/mol. The van der Waals surface area contributed by atoms with Crippen LogP contribution in [0.25, 0.3) is 0 Å². The molecule has 3 N–H and O–H groups in total. The summed E-state index contributed by atoms with van der Waals surface area (Å²) < 4.78 is 13.1. The highest BCUT2D eigenvalue weighted by atomic mass is 35.5. The number of carbonyl (C=O) groups excluding carboxylic acids is 3. The van der Waals surface area contributed by atoms with Crippen LogP contribution < -0.4 is 11.1 Å². The molecule has 1 atom stereocenters. The topological polar surface area (TPSA) is 95.7 Å². The van der Waals surface area contributed by atoms with Gasteiger partial charge in [0.2, 0.25) is 11.8 Å². The molecule has 28 heavy (non-hydrogen) atoms. The molecule has 156 valence electrons. The average Bonchev–Trinajstić information content (AvgIpc) is 2.64. The Labute approximate surface area is 174 Å². The molecule has 0 bridgehead atoms. The van der Waals surface area contributed by atoms with Gasteiger partial charge >= 0.3 is 0 Å². The number of rotatable bonds is 5. The van der Waals surface area contributed by atoms with Crippen LogP contribution in [0.2, 0.25) is 5.02 Å². The van der Waals surface area contributed by atoms with Crippen molar-refractivity contribution in [2.24, 2.45) is 11.7 Å². The molecule has 1 aromatic rings. The summed E-state index contributed by atoms with van der Waals surface area (Å²) in [7, 11) is 0. The SMILES string of the molecule is CC(C)[C@H](N)C(=O)NCC(=O)N1CCN(C(=O)c2ccc(F)cc2Cl)CC1.Cl. The molecule has 0 aromatic heterocycles. The summed E-state index contributed by atoms with van der Waals surface area (Å²) in [4.78, 5) is 39.7. The third-order valence-electron chi connectivity index (χ3n) is 4.52. The number of nitrogens with two attached hydrogens (primary N) is 1. The van der Waals surface area contributed by atoms with Gasteiger partial charge in [-0.05, 0) is 24.1 Å². The van der Waals surface area contributed by atoms with Crippen molar-refractivity contribution in [3.05, 3.63) is 34.6 Å². The number of hydrogen-bond donors (Lipinski definition) is 2. The van der Waals surface area contributed by atoms with E-state index >= 15 is 0 Å². The summed E-state index contributed by atoms with van der Waals surface area (Å²) in [5.74, 6) is -1.42. The first-order valence-corrected chi connectivity index (χ1v) is 9.14. The quantitative estimate of drug-likeness (QED) is 0.729. The second-order valence-electron chi connectivity index (χ2n) is 6.78. The maximum Gasteiger partial charge on any atom is 0.255 e. The first kappa shape index (κ1) is 24.1. The van der Waals surface area contributed by atoms with Gasteiger partial charge in [0.15, 0.2) is 0 Å². The molecule has 3 amide bonds. The van der Waals surface area contributed by atoms with Crippen LogP contribution in [0.3, 0.4) is 0 Å². The Hall–Kier alpha value is -1.90. The standard InChI is InChI=1S/C18H24ClFN4O3.ClH/c1-11(2)16(21)17(26)22-10-15(25)23-5-7-24(8-6-23)18(27)13-4-3-12(20)9-14(13)19;/h3-4,9,11,16H,5-8,10,21H2,1-2H3,(H,22,26);1H/t16-;/m0./s1. The van der Waals surface area contributed by atoms with E-state index in [0.29, 0.717) is 26.2 Å². The van der Waals surface area contributed by atoms with Crippen LogP contribution in [0.15, 0.2) is 18.2 Å². The van der Waals surface area contributed by atoms with Crippen molar-refractivity contribution in [3.8, 4) is 0 Å². The Kier molecular flexibility index (Phi) is 9.13. The van der Waals surface area contributed by atoms with Crippen LogP contribution in [-0.2, 0) is 9.59 Å². The minimum atomic E-state index is -0.660. The van der Waals surface area contributed by atoms with E-state index in [4.69, 9.17) is 17.3 Å². The van der Waals surface area contributed by atoms with E-state index in [2.05, 4.69) is 5.32 Å². The summed E-state index contributed by atoms with van der Waals surface area (Å²) in [6.45, 7) is 4.88. The molecule has 0 unspecified atom stereocenters. The zero-order chi connectivity index (χ0) is 20.1. The van der Waals surface area contributed by atoms with Gasteiger partial charge in [0.1, 0.15) is 5.82 Å². The largest absolute Gasteiger partial charge is 0.346 e. The average molecular weight is 435 g/mol. The summed E-state index contributed by atoms with van der Waals surface area (Å²) in [5, 5.41) is 2.60. The van der Waals surface area contributed by atoms with Gasteiger partial charge < -0.3 is 20.9 Å². The first-order valence-electron chi connectivity index (χ1n) is 8.76. The van der Waals surface area contributed by atoms with Crippen molar-refractivity contribution >= 4 is 41.7 Å². The molecule has 0 aliphatic carbocycles. The van der Waals surface area contributed by atoms with Crippen molar-refractivity contribution in [2.75, 3.05) is 32.7 Å². The number of piperazine rings is 1. The fourth-order valence-corrected chi connectivity index (χ4v) is 2.94. The van der Waals surface area contributed by atoms with Gasteiger partial charge in [-0.3, -0.25) is 14.4 Å². The van der Waals surface area contributed by atoms with Gasteiger partial charge in [0.25, 0.3) is 5.91 Å². The van der Waals surface area contributed by atoms with E-state index in [9.17, 15) is 18.8 Å². The lowest BCUT2D eigenvalue weighted by Crippen LogP contribution is -2.53. The van der Waals surface area contributed by atoms with Crippen molar-refractivity contribution < 1.29 is 18.8 Å². The third-order valence-corrected chi connectivity index (χ3v) is 4.83. The fourth-order valence-electron chi connectivity index (χ4n) is 2.69. The Morgan fingerprint density at radius 1 is 1.18 bits per heavy atom. The molecule has 0 spiro atoms. The monoisotopic (exact) mass is 434 g/mol. The normalized spacial score (nSPS) is 15.1. The van der Waals surface area contributed by atoms with E-state index in [1.54, 1.807) is 9.80 Å². The van der Waals surface area contributed by atoms with Crippen molar-refractivity contribution in [2.45, 2.75) is 19.9 Å². The van der Waals surface area contributed by atoms with Gasteiger partial charge in [-0.1, -0.05) is 25.4 Å². The van der Waals surface area contributed by atoms with Gasteiger partial charge in [0, 0.05) is 26.2 Å². The highest BCUT2D eigenvalue weighted by Crippen LogP contribution is 2.20. The van der Waals surface area contributed by atoms with Gasteiger partial charge in [-0.25, -0.2) is 4.39 Å². The highest BCUT2D eigenvalue weighted by Gasteiger charge is 2.26. The van der Waals surface area contributed by atoms with Gasteiger partial charge in [0.05, 0.1) is 23.2 Å². The Morgan fingerprint density at radius 3 is 2.29 bits per heavy atom. The molecule has 0 saturated carbocycles. The minimum Gasteiger partial charge on any atom is -0.346 e. The molecule has 1 fully saturated rings. The van der Waals surface area contributed by atoms with Crippen molar-refractivity contribution in [1.82, 2.24) is 15.1 Å². The number of hydrogen-bond acceptors (Lipinski definition) is 4. The summed E-state index contributed by atoms with van der Waals surface area (Å²) >= 11 is 5.94. The van der Waals surface area contributed by atoms with E-state index in [1.165, 1.54) is 12.1 Å². The van der Waals surface area contributed by atoms with E-state index in [-0.39, 0.29) is 53.2 Å². The zero-order valence-corrected chi connectivity index (χ0v) is 17.4. The number of benzene rings is 1. The molecule has 1 aromatic carbocycles. The zero-order valence-electron chi connectivity index (χ0n) is 15.8. The molecule has 10 heteroatoms. The van der Waals surface area contributed by atoms with Crippen LogP contribution in [0.1, 0.15) is 24.2 Å². The maximum absolute atomic E-state index is 13.1. The Bertz CT molecular complexity index is 725. The predicted octanol–water partition coefficient (Wildman–Crippen LogP) is 1.28. The maximum atomic E-state index is 13.1. The molecular weight excluding hydrogens is 410 g/mol. The lowest BCUT2D eigenvalue weighted by molar-refractivity contribution is -0.134. The Balaban J connectivity index is 0.00000392. The number of amides is 3.